The lowest BCUT2D eigenvalue weighted by Crippen LogP contribution is -1.93. The maximum absolute atomic E-state index is 4.00. The van der Waals surface area contributed by atoms with Crippen LogP contribution in [0.1, 0.15) is 11.9 Å². The van der Waals surface area contributed by atoms with Gasteiger partial charge in [-0.2, -0.15) is 4.80 Å². The largest absolute Gasteiger partial charge is 0.304 e. The fourth-order valence-electron chi connectivity index (χ4n) is 0.680. The first-order valence-corrected chi connectivity index (χ1v) is 2.83. The maximum Gasteiger partial charge on any atom is 0.192 e. The molecule has 1 aliphatic rings. The van der Waals surface area contributed by atoms with Crippen molar-refractivity contribution in [2.75, 3.05) is 6.54 Å². The van der Waals surface area contributed by atoms with Crippen LogP contribution in [0.2, 0.25) is 0 Å². The van der Waals surface area contributed by atoms with Gasteiger partial charge in [-0.1, -0.05) is 0 Å². The van der Waals surface area contributed by atoms with E-state index < -0.39 is 0 Å². The lowest BCUT2D eigenvalue weighted by Gasteiger charge is -1.78. The highest BCUT2D eigenvalue weighted by molar-refractivity contribution is 4.99. The molecule has 0 aromatic carbocycles. The molecule has 5 nitrogen and oxygen atoms in total. The van der Waals surface area contributed by atoms with Gasteiger partial charge in [0.25, 0.3) is 0 Å². The number of hydrogen-bond donors (Lipinski definition) is 1. The smallest absolute Gasteiger partial charge is 0.192 e. The van der Waals surface area contributed by atoms with E-state index in [1.54, 1.807) is 7.05 Å². The summed E-state index contributed by atoms with van der Waals surface area (Å²) in [6.07, 6.45) is 0. The maximum atomic E-state index is 4.00. The molecule has 1 aliphatic heterocycles. The highest BCUT2D eigenvalue weighted by Gasteiger charge is 2.26. The minimum absolute atomic E-state index is 0.374. The van der Waals surface area contributed by atoms with Gasteiger partial charge in [0, 0.05) is 6.54 Å². The van der Waals surface area contributed by atoms with E-state index in [9.17, 15) is 0 Å². The Kier molecular flexibility index (Phi) is 0.814. The molecule has 2 heterocycles. The summed E-state index contributed by atoms with van der Waals surface area (Å²) in [6, 6.07) is 0.374. The van der Waals surface area contributed by atoms with Gasteiger partial charge in [-0.25, -0.2) is 0 Å². The Morgan fingerprint density at radius 1 is 1.78 bits per heavy atom. The van der Waals surface area contributed by atoms with Crippen LogP contribution in [0.5, 0.6) is 0 Å². The highest BCUT2D eigenvalue weighted by Crippen LogP contribution is 2.14. The van der Waals surface area contributed by atoms with Gasteiger partial charge in [-0.3, -0.25) is 0 Å². The number of aryl methyl sites for hydroxylation is 1. The highest BCUT2D eigenvalue weighted by atomic mass is 15.6. The van der Waals surface area contributed by atoms with Gasteiger partial charge in [-0.05, 0) is 5.21 Å². The fourth-order valence-corrected chi connectivity index (χ4v) is 0.680. The first-order chi connectivity index (χ1) is 4.36. The Bertz CT molecular complexity index is 212. The number of hydrogen-bond acceptors (Lipinski definition) is 4. The molecule has 1 aromatic heterocycles. The molecular weight excluding hydrogens is 118 g/mol. The van der Waals surface area contributed by atoms with E-state index in [0.717, 1.165) is 12.4 Å². The summed E-state index contributed by atoms with van der Waals surface area (Å²) in [7, 11) is 1.76. The second-order valence-electron chi connectivity index (χ2n) is 2.10. The molecule has 1 N–H and O–H groups in total. The van der Waals surface area contributed by atoms with E-state index in [-0.39, 0.29) is 0 Å². The topological polar surface area (TPSA) is 65.5 Å². The minimum atomic E-state index is 0.374. The van der Waals surface area contributed by atoms with Crippen molar-refractivity contribution in [2.45, 2.75) is 6.04 Å². The average molecular weight is 125 g/mol. The van der Waals surface area contributed by atoms with Crippen molar-refractivity contribution in [2.24, 2.45) is 7.05 Å². The molecule has 1 atom stereocenters. The Balaban J connectivity index is 2.28. The summed E-state index contributed by atoms with van der Waals surface area (Å²) in [5.74, 6) is 0.803. The SMILES string of the molecule is Cn1nnc(C2CN2)n1. The lowest BCUT2D eigenvalue weighted by molar-refractivity contribution is 0.627. The predicted molar refractivity (Wildman–Crippen MR) is 29.5 cm³/mol. The number of nitrogens with one attached hydrogen (secondary N) is 1. The Labute approximate surface area is 52.1 Å². The van der Waals surface area contributed by atoms with Crippen LogP contribution in [-0.4, -0.2) is 26.8 Å². The number of aromatic nitrogens is 4. The van der Waals surface area contributed by atoms with E-state index in [0.29, 0.717) is 6.04 Å². The van der Waals surface area contributed by atoms with Crippen LogP contribution in [-0.2, 0) is 7.05 Å². The molecule has 1 aromatic rings. The zero-order chi connectivity index (χ0) is 6.27. The van der Waals surface area contributed by atoms with Gasteiger partial charge in [0.15, 0.2) is 5.82 Å². The molecule has 0 aliphatic carbocycles. The van der Waals surface area contributed by atoms with Gasteiger partial charge in [-0.15, -0.1) is 10.2 Å². The molecule has 0 spiro atoms. The molecule has 0 radical (unpaired) electrons. The van der Waals surface area contributed by atoms with Crippen LogP contribution in [0.4, 0.5) is 0 Å². The molecular formula is C4H7N5. The van der Waals surface area contributed by atoms with Crippen LogP contribution >= 0.6 is 0 Å². The minimum Gasteiger partial charge on any atom is -0.304 e. The third-order valence-electron chi connectivity index (χ3n) is 1.24. The second kappa shape index (κ2) is 1.51. The van der Waals surface area contributed by atoms with Crippen LogP contribution in [0.3, 0.4) is 0 Å². The van der Waals surface area contributed by atoms with E-state index in [1.165, 1.54) is 4.80 Å². The molecule has 48 valence electrons. The summed E-state index contributed by atoms with van der Waals surface area (Å²) < 4.78 is 0. The van der Waals surface area contributed by atoms with Crippen LogP contribution < -0.4 is 5.32 Å². The van der Waals surface area contributed by atoms with Gasteiger partial charge in [0.2, 0.25) is 0 Å². The van der Waals surface area contributed by atoms with Crippen molar-refractivity contribution in [1.82, 2.24) is 25.5 Å². The molecule has 1 fully saturated rings. The van der Waals surface area contributed by atoms with E-state index >= 15 is 0 Å². The molecule has 1 unspecified atom stereocenters. The molecule has 0 bridgehead atoms. The van der Waals surface area contributed by atoms with Gasteiger partial charge < -0.3 is 5.32 Å². The van der Waals surface area contributed by atoms with Crippen molar-refractivity contribution < 1.29 is 0 Å². The number of nitrogens with zero attached hydrogens (tertiary/aromatic N) is 4. The van der Waals surface area contributed by atoms with Crippen molar-refractivity contribution in [3.63, 3.8) is 0 Å². The second-order valence-corrected chi connectivity index (χ2v) is 2.10. The van der Waals surface area contributed by atoms with E-state index in [4.69, 9.17) is 0 Å². The standard InChI is InChI=1S/C4H7N5/c1-9-7-4(6-8-9)3-2-5-3/h3,5H,2H2,1H3. The molecule has 9 heavy (non-hydrogen) atoms. The molecule has 2 rings (SSSR count). The fraction of sp³-hybridized carbons (Fsp3) is 0.750. The monoisotopic (exact) mass is 125 g/mol. The van der Waals surface area contributed by atoms with Gasteiger partial charge in [0.1, 0.15) is 0 Å². The Morgan fingerprint density at radius 2 is 2.56 bits per heavy atom. The number of tetrazole rings is 1. The average Bonchev–Trinajstić information content (AvgIpc) is 2.58. The van der Waals surface area contributed by atoms with Crippen molar-refractivity contribution >= 4 is 0 Å². The van der Waals surface area contributed by atoms with Crippen molar-refractivity contribution in [3.05, 3.63) is 5.82 Å². The Morgan fingerprint density at radius 3 is 3.00 bits per heavy atom. The molecule has 0 amide bonds. The van der Waals surface area contributed by atoms with Crippen molar-refractivity contribution in [1.29, 1.82) is 0 Å². The van der Waals surface area contributed by atoms with Gasteiger partial charge >= 0.3 is 0 Å². The zero-order valence-electron chi connectivity index (χ0n) is 5.07. The summed E-state index contributed by atoms with van der Waals surface area (Å²) in [5.41, 5.74) is 0. The first kappa shape index (κ1) is 4.87. The third-order valence-corrected chi connectivity index (χ3v) is 1.24. The van der Waals surface area contributed by atoms with Gasteiger partial charge in [0.05, 0.1) is 13.1 Å². The van der Waals surface area contributed by atoms with E-state index in [2.05, 4.69) is 20.7 Å². The van der Waals surface area contributed by atoms with Crippen LogP contribution in [0, 0.1) is 0 Å². The zero-order valence-corrected chi connectivity index (χ0v) is 5.07. The summed E-state index contributed by atoms with van der Waals surface area (Å²) >= 11 is 0. The summed E-state index contributed by atoms with van der Waals surface area (Å²) in [5, 5.41) is 14.6. The predicted octanol–water partition coefficient (Wildman–Crippen LogP) is -1.15. The summed E-state index contributed by atoms with van der Waals surface area (Å²) in [6.45, 7) is 0.992. The van der Waals surface area contributed by atoms with E-state index in [1.807, 2.05) is 0 Å². The van der Waals surface area contributed by atoms with Crippen LogP contribution in [0.25, 0.3) is 0 Å². The third kappa shape index (κ3) is 0.787. The molecule has 1 saturated heterocycles. The Hall–Kier alpha value is -0.970. The van der Waals surface area contributed by atoms with Crippen LogP contribution in [0.15, 0.2) is 0 Å². The number of rotatable bonds is 1. The quantitative estimate of drug-likeness (QED) is 0.481. The molecule has 0 saturated carbocycles. The normalized spacial score (nSPS) is 24.3. The van der Waals surface area contributed by atoms with Crippen molar-refractivity contribution in [3.8, 4) is 0 Å². The lowest BCUT2D eigenvalue weighted by atomic mass is 10.5. The molecule has 5 heteroatoms. The first-order valence-electron chi connectivity index (χ1n) is 2.83. The summed E-state index contributed by atoms with van der Waals surface area (Å²) in [4.78, 5) is 1.47.